The number of hydrogen-bond donors (Lipinski definition) is 0. The van der Waals surface area contributed by atoms with Crippen LogP contribution in [0.2, 0.25) is 0 Å². The summed E-state index contributed by atoms with van der Waals surface area (Å²) in [4.78, 5) is 12.1. The molecule has 2 aromatic carbocycles. The third-order valence-corrected chi connectivity index (χ3v) is 6.95. The average molecular weight is 391 g/mol. The number of sulfonamides is 1. The minimum Gasteiger partial charge on any atom is -0.494 e. The number of fused-ring (bicyclic) bond motifs is 2. The average Bonchev–Trinajstić information content (AvgIpc) is 2.93. The van der Waals surface area contributed by atoms with E-state index in [9.17, 15) is 17.6 Å². The number of ether oxygens (including phenoxy) is 2. The molecule has 0 N–H and O–H groups in total. The molecule has 27 heavy (non-hydrogen) atoms. The fourth-order valence-electron chi connectivity index (χ4n) is 3.79. The number of nitrogens with zero attached hydrogens (tertiary/aromatic N) is 1. The van der Waals surface area contributed by atoms with Gasteiger partial charge in [-0.3, -0.25) is 0 Å². The molecule has 2 aliphatic heterocycles. The van der Waals surface area contributed by atoms with E-state index in [1.165, 1.54) is 23.5 Å². The van der Waals surface area contributed by atoms with Gasteiger partial charge in [0, 0.05) is 12.1 Å². The summed E-state index contributed by atoms with van der Waals surface area (Å²) in [6.45, 7) is 0.281. The van der Waals surface area contributed by atoms with Crippen LogP contribution in [-0.4, -0.2) is 38.9 Å². The summed E-state index contributed by atoms with van der Waals surface area (Å²) in [5.41, 5.74) is 0.173. The summed E-state index contributed by atoms with van der Waals surface area (Å²) < 4.78 is 51.9. The molecule has 0 unspecified atom stereocenters. The van der Waals surface area contributed by atoms with Crippen molar-refractivity contribution in [2.45, 2.75) is 23.3 Å². The standard InChI is InChI=1S/C19H18FNO5S/c1-25-17-8-7-13(11-16(17)20)27(23,24)21-10-4-9-19(12-21)15-6-3-2-5-14(15)18(22)26-19/h2-3,5-8,11H,4,9-10,12H2,1H3/t19-/m0/s1. The molecule has 0 amide bonds. The third kappa shape index (κ3) is 2.80. The van der Waals surface area contributed by atoms with Crippen molar-refractivity contribution in [3.05, 3.63) is 59.4 Å². The van der Waals surface area contributed by atoms with Crippen molar-refractivity contribution in [2.24, 2.45) is 0 Å². The molecule has 0 bridgehead atoms. The fourth-order valence-corrected chi connectivity index (χ4v) is 5.33. The molecule has 6 nitrogen and oxygen atoms in total. The SMILES string of the molecule is COc1ccc(S(=O)(=O)N2CCC[C@@]3(C2)OC(=O)c2ccccc23)cc1F. The molecular formula is C19H18FNO5S. The summed E-state index contributed by atoms with van der Waals surface area (Å²) in [5.74, 6) is -1.22. The molecule has 2 heterocycles. The number of methoxy groups -OCH3 is 1. The van der Waals surface area contributed by atoms with E-state index < -0.39 is 27.4 Å². The van der Waals surface area contributed by atoms with E-state index in [0.717, 1.165) is 6.07 Å². The van der Waals surface area contributed by atoms with Gasteiger partial charge in [-0.15, -0.1) is 0 Å². The number of carbonyl (C=O) groups excluding carboxylic acids is 1. The molecule has 142 valence electrons. The maximum atomic E-state index is 14.0. The molecule has 0 aliphatic carbocycles. The van der Waals surface area contributed by atoms with Gasteiger partial charge in [0.1, 0.15) is 0 Å². The minimum absolute atomic E-state index is 0.00569. The van der Waals surface area contributed by atoms with Crippen molar-refractivity contribution < 1.29 is 27.1 Å². The number of carbonyl (C=O) groups is 1. The Kier molecular flexibility index (Phi) is 4.20. The normalized spacial score (nSPS) is 22.5. The van der Waals surface area contributed by atoms with Crippen LogP contribution in [0.3, 0.4) is 0 Å². The van der Waals surface area contributed by atoms with E-state index >= 15 is 0 Å². The lowest BCUT2D eigenvalue weighted by Gasteiger charge is -2.38. The van der Waals surface area contributed by atoms with Crippen LogP contribution < -0.4 is 4.74 Å². The first-order valence-electron chi connectivity index (χ1n) is 8.54. The van der Waals surface area contributed by atoms with Gasteiger partial charge in [-0.25, -0.2) is 17.6 Å². The lowest BCUT2D eigenvalue weighted by Crippen LogP contribution is -2.48. The van der Waals surface area contributed by atoms with Crippen molar-refractivity contribution in [1.82, 2.24) is 4.31 Å². The van der Waals surface area contributed by atoms with Crippen LogP contribution in [0.15, 0.2) is 47.4 Å². The van der Waals surface area contributed by atoms with Crippen LogP contribution in [0, 0.1) is 5.82 Å². The lowest BCUT2D eigenvalue weighted by atomic mass is 9.86. The number of hydrogen-bond acceptors (Lipinski definition) is 5. The van der Waals surface area contributed by atoms with Gasteiger partial charge in [0.15, 0.2) is 17.2 Å². The van der Waals surface area contributed by atoms with Crippen molar-refractivity contribution in [2.75, 3.05) is 20.2 Å². The number of benzene rings is 2. The predicted molar refractivity (Wildman–Crippen MR) is 94.5 cm³/mol. The molecule has 1 fully saturated rings. The molecule has 2 aromatic rings. The van der Waals surface area contributed by atoms with E-state index in [4.69, 9.17) is 9.47 Å². The Hall–Kier alpha value is -2.45. The zero-order valence-corrected chi connectivity index (χ0v) is 15.5. The van der Waals surface area contributed by atoms with E-state index in [-0.39, 0.29) is 23.7 Å². The molecule has 8 heteroatoms. The number of halogens is 1. The highest BCUT2D eigenvalue weighted by molar-refractivity contribution is 7.89. The molecule has 0 aromatic heterocycles. The largest absolute Gasteiger partial charge is 0.494 e. The van der Waals surface area contributed by atoms with Gasteiger partial charge in [-0.1, -0.05) is 18.2 Å². The van der Waals surface area contributed by atoms with Gasteiger partial charge in [-0.2, -0.15) is 4.31 Å². The highest BCUT2D eigenvalue weighted by atomic mass is 32.2. The number of esters is 1. The molecule has 0 saturated carbocycles. The molecule has 1 saturated heterocycles. The molecular weight excluding hydrogens is 373 g/mol. The van der Waals surface area contributed by atoms with Crippen molar-refractivity contribution in [3.63, 3.8) is 0 Å². The van der Waals surface area contributed by atoms with Gasteiger partial charge in [0.25, 0.3) is 0 Å². The summed E-state index contributed by atoms with van der Waals surface area (Å²) >= 11 is 0. The van der Waals surface area contributed by atoms with Crippen LogP contribution in [0.5, 0.6) is 5.75 Å². The van der Waals surface area contributed by atoms with Crippen LogP contribution in [0.25, 0.3) is 0 Å². The van der Waals surface area contributed by atoms with Crippen molar-refractivity contribution >= 4 is 16.0 Å². The van der Waals surface area contributed by atoms with Crippen LogP contribution in [-0.2, 0) is 20.4 Å². The summed E-state index contributed by atoms with van der Waals surface area (Å²) in [6.07, 6.45) is 1.07. The van der Waals surface area contributed by atoms with Crippen LogP contribution in [0.4, 0.5) is 4.39 Å². The van der Waals surface area contributed by atoms with E-state index in [1.54, 1.807) is 24.3 Å². The van der Waals surface area contributed by atoms with Crippen molar-refractivity contribution in [3.8, 4) is 5.75 Å². The Bertz CT molecular complexity index is 1020. The molecule has 4 rings (SSSR count). The second kappa shape index (κ2) is 6.31. The lowest BCUT2D eigenvalue weighted by molar-refractivity contribution is -0.0345. The van der Waals surface area contributed by atoms with Crippen LogP contribution >= 0.6 is 0 Å². The smallest absolute Gasteiger partial charge is 0.339 e. The summed E-state index contributed by atoms with van der Waals surface area (Å²) in [6, 6.07) is 10.6. The van der Waals surface area contributed by atoms with Gasteiger partial charge < -0.3 is 9.47 Å². The van der Waals surface area contributed by atoms with E-state index in [2.05, 4.69) is 0 Å². The highest BCUT2D eigenvalue weighted by Gasteiger charge is 2.50. The van der Waals surface area contributed by atoms with E-state index in [1.807, 2.05) is 0 Å². The Balaban J connectivity index is 1.70. The summed E-state index contributed by atoms with van der Waals surface area (Å²) in [5, 5.41) is 0. The van der Waals surface area contributed by atoms with Gasteiger partial charge in [-0.05, 0) is 37.1 Å². The number of piperidine rings is 1. The quantitative estimate of drug-likeness (QED) is 0.753. The maximum Gasteiger partial charge on any atom is 0.339 e. The zero-order chi connectivity index (χ0) is 19.2. The first-order valence-corrected chi connectivity index (χ1v) is 9.98. The molecule has 1 atom stereocenters. The maximum absolute atomic E-state index is 14.0. The Morgan fingerprint density at radius 2 is 2.00 bits per heavy atom. The first kappa shape index (κ1) is 17.9. The Morgan fingerprint density at radius 3 is 2.74 bits per heavy atom. The highest BCUT2D eigenvalue weighted by Crippen LogP contribution is 2.43. The number of rotatable bonds is 3. The van der Waals surface area contributed by atoms with E-state index in [0.29, 0.717) is 24.0 Å². The molecule has 0 radical (unpaired) electrons. The molecule has 2 aliphatic rings. The second-order valence-corrected chi connectivity index (χ2v) is 8.61. The monoisotopic (exact) mass is 391 g/mol. The first-order chi connectivity index (χ1) is 12.9. The predicted octanol–water partition coefficient (Wildman–Crippen LogP) is 2.68. The fraction of sp³-hybridized carbons (Fsp3) is 0.316. The van der Waals surface area contributed by atoms with Crippen LogP contribution in [0.1, 0.15) is 28.8 Å². The summed E-state index contributed by atoms with van der Waals surface area (Å²) in [7, 11) is -2.63. The zero-order valence-electron chi connectivity index (χ0n) is 14.6. The Labute approximate surface area is 156 Å². The molecule has 1 spiro atoms. The second-order valence-electron chi connectivity index (χ2n) is 6.67. The minimum atomic E-state index is -3.95. The Morgan fingerprint density at radius 1 is 1.22 bits per heavy atom. The van der Waals surface area contributed by atoms with Crippen molar-refractivity contribution in [1.29, 1.82) is 0 Å². The van der Waals surface area contributed by atoms with Gasteiger partial charge in [0.2, 0.25) is 10.0 Å². The van der Waals surface area contributed by atoms with Gasteiger partial charge in [0.05, 0.1) is 24.1 Å². The van der Waals surface area contributed by atoms with Gasteiger partial charge >= 0.3 is 5.97 Å². The third-order valence-electron chi connectivity index (χ3n) is 5.11. The topological polar surface area (TPSA) is 72.9 Å².